The first-order valence-corrected chi connectivity index (χ1v) is 10.6. The molecule has 1 radical (unpaired) electrons. The molecule has 0 N–H and O–H groups in total. The fraction of sp³-hybridized carbons (Fsp3) is 0.667. The number of benzene rings is 1. The first-order valence-electron chi connectivity index (χ1n) is 8.06. The molecule has 0 nitrogen and oxygen atoms in total. The molecule has 0 amide bonds. The van der Waals surface area contributed by atoms with Crippen LogP contribution in [0.2, 0.25) is 13.1 Å². The zero-order valence-electron chi connectivity index (χ0n) is 12.3. The topological polar surface area (TPSA) is 0 Å². The summed E-state index contributed by atoms with van der Waals surface area (Å²) in [5.41, 5.74) is 2.26. The number of rotatable bonds is 2. The minimum atomic E-state index is -0.283. The molecule has 1 aromatic carbocycles. The summed E-state index contributed by atoms with van der Waals surface area (Å²) in [6.45, 7) is 4.79. The van der Waals surface area contributed by atoms with Gasteiger partial charge in [0.1, 0.15) is 0 Å². The lowest BCUT2D eigenvalue weighted by Gasteiger charge is -2.57. The highest BCUT2D eigenvalue weighted by molar-refractivity contribution is 6.70. The minimum Gasteiger partial charge on any atom is -0.0671 e. The van der Waals surface area contributed by atoms with Gasteiger partial charge in [0.25, 0.3) is 0 Å². The monoisotopic (exact) mass is 269 g/mol. The second kappa shape index (κ2) is 4.21. The maximum Gasteiger partial charge on any atom is 0.0791 e. The van der Waals surface area contributed by atoms with Gasteiger partial charge in [0.2, 0.25) is 0 Å². The van der Waals surface area contributed by atoms with E-state index in [4.69, 9.17) is 0 Å². The third-order valence-corrected chi connectivity index (χ3v) is 7.60. The molecule has 4 aliphatic rings. The maximum absolute atomic E-state index is 2.49. The minimum absolute atomic E-state index is 0.283. The first kappa shape index (κ1) is 12.2. The fourth-order valence-electron chi connectivity index (χ4n) is 5.62. The molecule has 1 heteroatoms. The predicted molar refractivity (Wildman–Crippen MR) is 83.4 cm³/mol. The average Bonchev–Trinajstić information content (AvgIpc) is 2.37. The highest BCUT2D eigenvalue weighted by Gasteiger charge is 2.51. The summed E-state index contributed by atoms with van der Waals surface area (Å²) in [7, 11) is -0.283. The van der Waals surface area contributed by atoms with Crippen molar-refractivity contribution in [3.05, 3.63) is 29.8 Å². The predicted octanol–water partition coefficient (Wildman–Crippen LogP) is 4.12. The summed E-state index contributed by atoms with van der Waals surface area (Å²) in [6, 6.07) is 9.84. The number of hydrogen-bond donors (Lipinski definition) is 0. The lowest BCUT2D eigenvalue weighted by atomic mass is 9.48. The third-order valence-electron chi connectivity index (χ3n) is 6.11. The Morgan fingerprint density at radius 2 is 1.32 bits per heavy atom. The van der Waals surface area contributed by atoms with Crippen LogP contribution in [0, 0.1) is 17.8 Å². The van der Waals surface area contributed by atoms with E-state index in [0.717, 1.165) is 17.8 Å². The van der Waals surface area contributed by atoms with Gasteiger partial charge in [-0.2, -0.15) is 0 Å². The van der Waals surface area contributed by atoms with Crippen molar-refractivity contribution < 1.29 is 0 Å². The highest BCUT2D eigenvalue weighted by atomic mass is 28.3. The molecule has 19 heavy (non-hydrogen) atoms. The van der Waals surface area contributed by atoms with Crippen LogP contribution in [0.15, 0.2) is 24.3 Å². The van der Waals surface area contributed by atoms with Crippen LogP contribution in [-0.2, 0) is 5.41 Å². The van der Waals surface area contributed by atoms with E-state index in [-0.39, 0.29) is 8.80 Å². The molecule has 0 heterocycles. The van der Waals surface area contributed by atoms with E-state index in [1.807, 2.05) is 0 Å². The third kappa shape index (κ3) is 1.93. The summed E-state index contributed by atoms with van der Waals surface area (Å²) >= 11 is 0. The quantitative estimate of drug-likeness (QED) is 0.709. The van der Waals surface area contributed by atoms with E-state index in [9.17, 15) is 0 Å². The second-order valence-corrected chi connectivity index (χ2v) is 10.4. The van der Waals surface area contributed by atoms with Crippen LogP contribution in [0.4, 0.5) is 0 Å². The molecule has 5 rings (SSSR count). The zero-order chi connectivity index (χ0) is 13.0. The highest BCUT2D eigenvalue weighted by Crippen LogP contribution is 2.60. The Morgan fingerprint density at radius 1 is 0.842 bits per heavy atom. The van der Waals surface area contributed by atoms with Crippen LogP contribution >= 0.6 is 0 Å². The van der Waals surface area contributed by atoms with Crippen LogP contribution in [0.5, 0.6) is 0 Å². The summed E-state index contributed by atoms with van der Waals surface area (Å²) in [6.07, 6.45) is 9.13. The molecule has 0 saturated heterocycles. The fourth-order valence-corrected chi connectivity index (χ4v) is 6.45. The molecular weight excluding hydrogens is 244 g/mol. The Kier molecular flexibility index (Phi) is 2.71. The molecule has 0 spiro atoms. The molecule has 4 fully saturated rings. The van der Waals surface area contributed by atoms with Gasteiger partial charge in [-0.05, 0) is 67.3 Å². The van der Waals surface area contributed by atoms with E-state index < -0.39 is 0 Å². The standard InChI is InChI=1S/C18H25Si/c1-19(2)17-5-3-16(4-6-17)18-10-13-7-14(11-18)9-15(8-13)12-18/h3-6,13-15H,7-12H2,1-2H3. The van der Waals surface area contributed by atoms with Gasteiger partial charge in [0, 0.05) is 0 Å². The molecule has 0 aliphatic heterocycles. The second-order valence-electron chi connectivity index (χ2n) is 7.78. The van der Waals surface area contributed by atoms with Crippen LogP contribution in [0.25, 0.3) is 0 Å². The molecule has 4 aliphatic carbocycles. The smallest absolute Gasteiger partial charge is 0.0671 e. The van der Waals surface area contributed by atoms with E-state index in [1.54, 1.807) is 30.0 Å². The van der Waals surface area contributed by atoms with Crippen LogP contribution in [0.3, 0.4) is 0 Å². The molecular formula is C18H25Si. The van der Waals surface area contributed by atoms with Crippen molar-refractivity contribution in [2.45, 2.75) is 57.0 Å². The Balaban J connectivity index is 1.67. The SMILES string of the molecule is C[Si](C)c1ccc(C23CC4CC(CC(C4)C2)C3)cc1. The van der Waals surface area contributed by atoms with Crippen LogP contribution in [0.1, 0.15) is 44.1 Å². The van der Waals surface area contributed by atoms with Gasteiger partial charge in [-0.1, -0.05) is 42.5 Å². The van der Waals surface area contributed by atoms with E-state index in [0.29, 0.717) is 5.41 Å². The Labute approximate surface area is 119 Å². The Morgan fingerprint density at radius 3 is 1.74 bits per heavy atom. The van der Waals surface area contributed by atoms with Gasteiger partial charge < -0.3 is 0 Å². The summed E-state index contributed by atoms with van der Waals surface area (Å²) in [4.78, 5) is 0. The summed E-state index contributed by atoms with van der Waals surface area (Å²) < 4.78 is 0. The van der Waals surface area contributed by atoms with Gasteiger partial charge >= 0.3 is 0 Å². The van der Waals surface area contributed by atoms with Crippen molar-refractivity contribution >= 4 is 14.0 Å². The van der Waals surface area contributed by atoms with Crippen molar-refractivity contribution in [2.75, 3.05) is 0 Å². The largest absolute Gasteiger partial charge is 0.0791 e. The normalized spacial score (nSPS) is 40.1. The van der Waals surface area contributed by atoms with Gasteiger partial charge in [-0.3, -0.25) is 0 Å². The summed E-state index contributed by atoms with van der Waals surface area (Å²) in [5, 5.41) is 1.60. The van der Waals surface area contributed by atoms with E-state index >= 15 is 0 Å². The molecule has 0 atom stereocenters. The lowest BCUT2D eigenvalue weighted by Crippen LogP contribution is -2.48. The lowest BCUT2D eigenvalue weighted by molar-refractivity contribution is -0.00517. The average molecular weight is 269 g/mol. The molecule has 101 valence electrons. The number of hydrogen-bond acceptors (Lipinski definition) is 0. The Hall–Kier alpha value is -0.563. The maximum atomic E-state index is 2.49. The first-order chi connectivity index (χ1) is 9.14. The van der Waals surface area contributed by atoms with E-state index in [1.165, 1.54) is 19.3 Å². The molecule has 4 saturated carbocycles. The van der Waals surface area contributed by atoms with Gasteiger partial charge in [-0.25, -0.2) is 0 Å². The molecule has 4 bridgehead atoms. The van der Waals surface area contributed by atoms with Crippen LogP contribution < -0.4 is 5.19 Å². The van der Waals surface area contributed by atoms with Gasteiger partial charge in [0.15, 0.2) is 0 Å². The van der Waals surface area contributed by atoms with Crippen molar-refractivity contribution in [3.8, 4) is 0 Å². The van der Waals surface area contributed by atoms with E-state index in [2.05, 4.69) is 37.4 Å². The molecule has 1 aromatic rings. The van der Waals surface area contributed by atoms with Crippen molar-refractivity contribution in [2.24, 2.45) is 17.8 Å². The van der Waals surface area contributed by atoms with Crippen LogP contribution in [-0.4, -0.2) is 8.80 Å². The van der Waals surface area contributed by atoms with Crippen molar-refractivity contribution in [1.82, 2.24) is 0 Å². The summed E-state index contributed by atoms with van der Waals surface area (Å²) in [5.74, 6) is 3.17. The zero-order valence-corrected chi connectivity index (χ0v) is 13.3. The van der Waals surface area contributed by atoms with Crippen molar-refractivity contribution in [1.29, 1.82) is 0 Å². The molecule has 0 aromatic heterocycles. The Bertz CT molecular complexity index is 436. The van der Waals surface area contributed by atoms with Gasteiger partial charge in [-0.15, -0.1) is 0 Å². The van der Waals surface area contributed by atoms with Gasteiger partial charge in [0.05, 0.1) is 8.80 Å². The van der Waals surface area contributed by atoms with Crippen molar-refractivity contribution in [3.63, 3.8) is 0 Å². The molecule has 0 unspecified atom stereocenters.